The van der Waals surface area contributed by atoms with Gasteiger partial charge in [0.25, 0.3) is 0 Å². The largest absolute Gasteiger partial charge is 0.463 e. The highest BCUT2D eigenvalue weighted by atomic mass is 16.5. The monoisotopic (exact) mass is 304 g/mol. The van der Waals surface area contributed by atoms with Gasteiger partial charge in [-0.15, -0.1) is 0 Å². The molecule has 0 heterocycles. The van der Waals surface area contributed by atoms with Gasteiger partial charge in [0.05, 0.1) is 18.6 Å². The van der Waals surface area contributed by atoms with Crippen molar-refractivity contribution < 1.29 is 14.3 Å². The number of ether oxygens (including phenoxy) is 1. The summed E-state index contributed by atoms with van der Waals surface area (Å²) in [5, 5.41) is 2.78. The highest BCUT2D eigenvalue weighted by Crippen LogP contribution is 2.34. The molecule has 0 aromatic heterocycles. The van der Waals surface area contributed by atoms with Gasteiger partial charge in [0.15, 0.2) is 0 Å². The first-order valence-corrected chi connectivity index (χ1v) is 7.77. The Morgan fingerprint density at radius 3 is 2.82 bits per heavy atom. The van der Waals surface area contributed by atoms with Gasteiger partial charge in [-0.05, 0) is 37.8 Å². The number of nitrogens with zero attached hydrogens (tertiary/aromatic N) is 1. The first-order valence-electron chi connectivity index (χ1n) is 7.77. The molecule has 0 unspecified atom stereocenters. The van der Waals surface area contributed by atoms with Gasteiger partial charge in [-0.2, -0.15) is 0 Å². The Balaban J connectivity index is 1.82. The van der Waals surface area contributed by atoms with E-state index in [-0.39, 0.29) is 30.6 Å². The van der Waals surface area contributed by atoms with Crippen LogP contribution in [0.15, 0.2) is 24.3 Å². The molecule has 1 atom stereocenters. The van der Waals surface area contributed by atoms with Gasteiger partial charge in [0.2, 0.25) is 0 Å². The first kappa shape index (κ1) is 16.3. The summed E-state index contributed by atoms with van der Waals surface area (Å²) in [5.41, 5.74) is 2.53. The lowest BCUT2D eigenvalue weighted by molar-refractivity contribution is -0.147. The summed E-state index contributed by atoms with van der Waals surface area (Å²) < 4.78 is 5.03. The third-order valence-corrected chi connectivity index (χ3v) is 3.86. The van der Waals surface area contributed by atoms with Crippen molar-refractivity contribution in [1.82, 2.24) is 10.2 Å². The lowest BCUT2D eigenvalue weighted by Crippen LogP contribution is -2.40. The molecule has 0 saturated carbocycles. The van der Waals surface area contributed by atoms with E-state index in [4.69, 9.17) is 4.74 Å². The van der Waals surface area contributed by atoms with Crippen LogP contribution in [0, 0.1) is 0 Å². The van der Waals surface area contributed by atoms with Crippen molar-refractivity contribution in [2.75, 3.05) is 13.6 Å². The number of hydrogen-bond donors (Lipinski definition) is 1. The molecule has 0 saturated heterocycles. The number of rotatable bonds is 5. The Morgan fingerprint density at radius 2 is 2.09 bits per heavy atom. The van der Waals surface area contributed by atoms with Crippen LogP contribution in [0.25, 0.3) is 0 Å². The van der Waals surface area contributed by atoms with Gasteiger partial charge in [-0.3, -0.25) is 4.79 Å². The highest BCUT2D eigenvalue weighted by molar-refractivity contribution is 5.76. The van der Waals surface area contributed by atoms with Crippen LogP contribution >= 0.6 is 0 Å². The van der Waals surface area contributed by atoms with Crippen molar-refractivity contribution in [3.63, 3.8) is 0 Å². The second-order valence-corrected chi connectivity index (χ2v) is 5.88. The van der Waals surface area contributed by atoms with Crippen LogP contribution in [-0.2, 0) is 16.0 Å². The van der Waals surface area contributed by atoms with Crippen LogP contribution in [0.3, 0.4) is 0 Å². The average Bonchev–Trinajstić information content (AvgIpc) is 2.89. The summed E-state index contributed by atoms with van der Waals surface area (Å²) >= 11 is 0. The predicted molar refractivity (Wildman–Crippen MR) is 84.5 cm³/mol. The number of carbonyl (C=O) groups is 2. The Labute approximate surface area is 131 Å². The number of urea groups is 1. The molecule has 1 aromatic rings. The topological polar surface area (TPSA) is 58.6 Å². The third-order valence-electron chi connectivity index (χ3n) is 3.86. The Morgan fingerprint density at radius 1 is 1.36 bits per heavy atom. The fraction of sp³-hybridized carbons (Fsp3) is 0.529. The molecule has 0 fully saturated rings. The Bertz CT molecular complexity index is 542. The summed E-state index contributed by atoms with van der Waals surface area (Å²) in [7, 11) is 1.80. The van der Waals surface area contributed by atoms with E-state index in [1.807, 2.05) is 26.0 Å². The minimum absolute atomic E-state index is 0.110. The lowest BCUT2D eigenvalue weighted by atomic mass is 10.1. The average molecular weight is 304 g/mol. The van der Waals surface area contributed by atoms with E-state index in [0.29, 0.717) is 6.54 Å². The highest BCUT2D eigenvalue weighted by Gasteiger charge is 2.28. The van der Waals surface area contributed by atoms with Gasteiger partial charge in [-0.1, -0.05) is 24.3 Å². The molecule has 2 amide bonds. The lowest BCUT2D eigenvalue weighted by Gasteiger charge is -2.25. The Kier molecular flexibility index (Phi) is 5.41. The minimum atomic E-state index is -0.288. The maximum absolute atomic E-state index is 12.2. The number of esters is 1. The van der Waals surface area contributed by atoms with Crippen LogP contribution in [0.4, 0.5) is 4.79 Å². The van der Waals surface area contributed by atoms with E-state index in [1.54, 1.807) is 11.9 Å². The van der Waals surface area contributed by atoms with Crippen LogP contribution in [0.5, 0.6) is 0 Å². The van der Waals surface area contributed by atoms with E-state index < -0.39 is 0 Å². The SMILES string of the molecule is CC(C)OC(=O)CCNC(=O)N(C)[C@@H]1CCc2ccccc21. The maximum atomic E-state index is 12.2. The molecule has 5 nitrogen and oxygen atoms in total. The van der Waals surface area contributed by atoms with E-state index >= 15 is 0 Å². The summed E-state index contributed by atoms with van der Waals surface area (Å²) in [6, 6.07) is 8.18. The molecular weight excluding hydrogens is 280 g/mol. The van der Waals surface area contributed by atoms with Crippen LogP contribution in [0.1, 0.15) is 43.9 Å². The van der Waals surface area contributed by atoms with Gasteiger partial charge >= 0.3 is 12.0 Å². The van der Waals surface area contributed by atoms with Crippen LogP contribution < -0.4 is 5.32 Å². The minimum Gasteiger partial charge on any atom is -0.463 e. The van der Waals surface area contributed by atoms with Crippen molar-refractivity contribution >= 4 is 12.0 Å². The van der Waals surface area contributed by atoms with Gasteiger partial charge in [0, 0.05) is 13.6 Å². The molecule has 120 valence electrons. The maximum Gasteiger partial charge on any atom is 0.317 e. The van der Waals surface area contributed by atoms with Crippen LogP contribution in [0.2, 0.25) is 0 Å². The molecule has 0 bridgehead atoms. The fourth-order valence-corrected chi connectivity index (χ4v) is 2.80. The molecule has 2 rings (SSSR count). The van der Waals surface area contributed by atoms with E-state index in [2.05, 4.69) is 17.4 Å². The van der Waals surface area contributed by atoms with Crippen molar-refractivity contribution in [2.45, 2.75) is 45.3 Å². The van der Waals surface area contributed by atoms with Crippen LogP contribution in [-0.4, -0.2) is 36.6 Å². The summed E-state index contributed by atoms with van der Waals surface area (Å²) in [5.74, 6) is -0.288. The predicted octanol–water partition coefficient (Wildman–Crippen LogP) is 2.66. The first-order chi connectivity index (χ1) is 10.5. The zero-order valence-electron chi connectivity index (χ0n) is 13.5. The quantitative estimate of drug-likeness (QED) is 0.851. The fourth-order valence-electron chi connectivity index (χ4n) is 2.80. The number of aryl methyl sites for hydroxylation is 1. The number of fused-ring (bicyclic) bond motifs is 1. The summed E-state index contributed by atoms with van der Waals surface area (Å²) in [4.78, 5) is 25.4. The standard InChI is InChI=1S/C17H24N2O3/c1-12(2)22-16(20)10-11-18-17(21)19(3)15-9-8-13-6-4-5-7-14(13)15/h4-7,12,15H,8-11H2,1-3H3,(H,18,21)/t15-/m1/s1. The third kappa shape index (κ3) is 4.00. The van der Waals surface area contributed by atoms with Crippen molar-refractivity contribution in [1.29, 1.82) is 0 Å². The molecular formula is C17H24N2O3. The second-order valence-electron chi connectivity index (χ2n) is 5.88. The van der Waals surface area contributed by atoms with Crippen molar-refractivity contribution in [3.8, 4) is 0 Å². The molecule has 5 heteroatoms. The number of hydrogen-bond acceptors (Lipinski definition) is 3. The van der Waals surface area contributed by atoms with Crippen molar-refractivity contribution in [2.24, 2.45) is 0 Å². The van der Waals surface area contributed by atoms with Gasteiger partial charge in [0.1, 0.15) is 0 Å². The molecule has 1 N–H and O–H groups in total. The van der Waals surface area contributed by atoms with E-state index in [1.165, 1.54) is 11.1 Å². The molecule has 22 heavy (non-hydrogen) atoms. The molecule has 0 radical (unpaired) electrons. The molecule has 0 aliphatic heterocycles. The molecule has 1 aliphatic rings. The zero-order chi connectivity index (χ0) is 16.1. The number of carbonyl (C=O) groups excluding carboxylic acids is 2. The number of amides is 2. The molecule has 1 aliphatic carbocycles. The summed E-state index contributed by atoms with van der Waals surface area (Å²) in [6.07, 6.45) is 2.01. The van der Waals surface area contributed by atoms with Crippen molar-refractivity contribution in [3.05, 3.63) is 35.4 Å². The molecule has 0 spiro atoms. The number of benzene rings is 1. The second kappa shape index (κ2) is 7.29. The zero-order valence-corrected chi connectivity index (χ0v) is 13.5. The number of nitrogens with one attached hydrogen (secondary N) is 1. The van der Waals surface area contributed by atoms with E-state index in [0.717, 1.165) is 12.8 Å². The molecule has 1 aromatic carbocycles. The summed E-state index contributed by atoms with van der Waals surface area (Å²) in [6.45, 7) is 3.91. The van der Waals surface area contributed by atoms with E-state index in [9.17, 15) is 9.59 Å². The normalized spacial score (nSPS) is 16.3. The van der Waals surface area contributed by atoms with Gasteiger partial charge < -0.3 is 15.0 Å². The Hall–Kier alpha value is -2.04. The smallest absolute Gasteiger partial charge is 0.317 e. The van der Waals surface area contributed by atoms with Gasteiger partial charge in [-0.25, -0.2) is 4.79 Å².